The molecule has 0 aromatic heterocycles. The first-order chi connectivity index (χ1) is 9.60. The summed E-state index contributed by atoms with van der Waals surface area (Å²) in [5, 5.41) is 0. The van der Waals surface area contributed by atoms with E-state index in [1.807, 2.05) is 19.1 Å². The number of carbonyl (C=O) groups excluding carboxylic acids is 1. The van der Waals surface area contributed by atoms with Crippen LogP contribution in [-0.2, 0) is 9.53 Å². The zero-order valence-corrected chi connectivity index (χ0v) is 13.5. The summed E-state index contributed by atoms with van der Waals surface area (Å²) in [6.07, 6.45) is 10.0. The SMILES string of the molecule is CC=CCOC(=O)CN(CC=CCC)CCCN(C)C. The Morgan fingerprint density at radius 2 is 1.90 bits per heavy atom. The normalized spacial score (nSPS) is 12.1. The van der Waals surface area contributed by atoms with Gasteiger partial charge in [0.1, 0.15) is 6.61 Å². The minimum absolute atomic E-state index is 0.155. The van der Waals surface area contributed by atoms with Gasteiger partial charge in [0.15, 0.2) is 0 Å². The van der Waals surface area contributed by atoms with E-state index in [-0.39, 0.29) is 5.97 Å². The molecule has 0 amide bonds. The van der Waals surface area contributed by atoms with Crippen LogP contribution in [0.5, 0.6) is 0 Å². The molecule has 0 spiro atoms. The summed E-state index contributed by atoms with van der Waals surface area (Å²) in [7, 11) is 4.12. The number of hydrogen-bond donors (Lipinski definition) is 0. The zero-order chi connectivity index (χ0) is 15.2. The molecule has 0 aliphatic rings. The van der Waals surface area contributed by atoms with E-state index in [0.29, 0.717) is 13.2 Å². The van der Waals surface area contributed by atoms with Gasteiger partial charge in [0, 0.05) is 13.1 Å². The van der Waals surface area contributed by atoms with Crippen molar-refractivity contribution in [2.24, 2.45) is 0 Å². The van der Waals surface area contributed by atoms with E-state index in [9.17, 15) is 4.79 Å². The van der Waals surface area contributed by atoms with Gasteiger partial charge in [-0.15, -0.1) is 0 Å². The molecule has 0 saturated heterocycles. The lowest BCUT2D eigenvalue weighted by Gasteiger charge is -2.20. The maximum Gasteiger partial charge on any atom is 0.320 e. The molecule has 0 heterocycles. The predicted molar refractivity (Wildman–Crippen MR) is 84.8 cm³/mol. The molecule has 4 heteroatoms. The van der Waals surface area contributed by atoms with Gasteiger partial charge in [-0.2, -0.15) is 0 Å². The second kappa shape index (κ2) is 12.9. The third-order valence-corrected chi connectivity index (χ3v) is 2.77. The van der Waals surface area contributed by atoms with Crippen LogP contribution in [0, 0.1) is 0 Å². The number of ether oxygens (including phenoxy) is 1. The van der Waals surface area contributed by atoms with Gasteiger partial charge in [0.2, 0.25) is 0 Å². The molecule has 116 valence electrons. The Balaban J connectivity index is 4.14. The fourth-order valence-electron chi connectivity index (χ4n) is 1.70. The number of carbonyl (C=O) groups is 1. The van der Waals surface area contributed by atoms with Gasteiger partial charge < -0.3 is 9.64 Å². The fraction of sp³-hybridized carbons (Fsp3) is 0.688. The van der Waals surface area contributed by atoms with Crippen molar-refractivity contribution in [3.8, 4) is 0 Å². The van der Waals surface area contributed by atoms with Gasteiger partial charge in [-0.1, -0.05) is 31.2 Å². The molecule has 0 fully saturated rings. The Labute approximate surface area is 124 Å². The highest BCUT2D eigenvalue weighted by Crippen LogP contribution is 1.96. The molecule has 0 radical (unpaired) electrons. The van der Waals surface area contributed by atoms with Gasteiger partial charge >= 0.3 is 5.97 Å². The minimum Gasteiger partial charge on any atom is -0.461 e. The smallest absolute Gasteiger partial charge is 0.320 e. The van der Waals surface area contributed by atoms with Crippen molar-refractivity contribution < 1.29 is 9.53 Å². The largest absolute Gasteiger partial charge is 0.461 e. The summed E-state index contributed by atoms with van der Waals surface area (Å²) in [6.45, 7) is 7.49. The van der Waals surface area contributed by atoms with E-state index in [0.717, 1.165) is 32.5 Å². The first kappa shape index (κ1) is 18.9. The molecular formula is C16H30N2O2. The fourth-order valence-corrected chi connectivity index (χ4v) is 1.70. The summed E-state index contributed by atoms with van der Waals surface area (Å²) < 4.78 is 5.14. The molecule has 20 heavy (non-hydrogen) atoms. The van der Waals surface area contributed by atoms with Gasteiger partial charge in [0.25, 0.3) is 0 Å². The number of allylic oxidation sites excluding steroid dienone is 2. The molecule has 4 nitrogen and oxygen atoms in total. The maximum absolute atomic E-state index is 11.7. The molecule has 0 aliphatic heterocycles. The molecule has 0 bridgehead atoms. The van der Waals surface area contributed by atoms with Crippen LogP contribution >= 0.6 is 0 Å². The predicted octanol–water partition coefficient (Wildman–Crippen LogP) is 2.33. The van der Waals surface area contributed by atoms with Crippen LogP contribution in [-0.4, -0.2) is 62.7 Å². The Morgan fingerprint density at radius 1 is 1.15 bits per heavy atom. The lowest BCUT2D eigenvalue weighted by atomic mass is 10.3. The number of rotatable bonds is 11. The van der Waals surface area contributed by atoms with Crippen molar-refractivity contribution in [1.82, 2.24) is 9.80 Å². The molecule has 0 aromatic rings. The van der Waals surface area contributed by atoms with E-state index < -0.39 is 0 Å². The lowest BCUT2D eigenvalue weighted by Crippen LogP contribution is -2.33. The van der Waals surface area contributed by atoms with Crippen LogP contribution in [0.15, 0.2) is 24.3 Å². The topological polar surface area (TPSA) is 32.8 Å². The van der Waals surface area contributed by atoms with Crippen LogP contribution in [0.1, 0.15) is 26.7 Å². The van der Waals surface area contributed by atoms with E-state index in [4.69, 9.17) is 4.74 Å². The second-order valence-electron chi connectivity index (χ2n) is 5.02. The molecule has 0 atom stereocenters. The second-order valence-corrected chi connectivity index (χ2v) is 5.02. The van der Waals surface area contributed by atoms with Gasteiger partial charge in [-0.05, 0) is 40.4 Å². The average molecular weight is 282 g/mol. The van der Waals surface area contributed by atoms with E-state index in [2.05, 4.69) is 43.0 Å². The monoisotopic (exact) mass is 282 g/mol. The van der Waals surface area contributed by atoms with Crippen molar-refractivity contribution in [2.45, 2.75) is 26.7 Å². The van der Waals surface area contributed by atoms with Gasteiger partial charge in [-0.3, -0.25) is 9.69 Å². The van der Waals surface area contributed by atoms with Crippen LogP contribution in [0.4, 0.5) is 0 Å². The number of nitrogens with zero attached hydrogens (tertiary/aromatic N) is 2. The van der Waals surface area contributed by atoms with Crippen LogP contribution in [0.25, 0.3) is 0 Å². The summed E-state index contributed by atoms with van der Waals surface area (Å²) in [5.41, 5.74) is 0. The highest BCUT2D eigenvalue weighted by atomic mass is 16.5. The van der Waals surface area contributed by atoms with Gasteiger partial charge in [-0.25, -0.2) is 0 Å². The van der Waals surface area contributed by atoms with Crippen LogP contribution < -0.4 is 0 Å². The molecule has 0 rings (SSSR count). The Kier molecular flexibility index (Phi) is 12.2. The average Bonchev–Trinajstić information content (AvgIpc) is 2.38. The first-order valence-corrected chi connectivity index (χ1v) is 7.39. The summed E-state index contributed by atoms with van der Waals surface area (Å²) in [6, 6.07) is 0. The summed E-state index contributed by atoms with van der Waals surface area (Å²) in [5.74, 6) is -0.155. The molecule has 0 aliphatic carbocycles. The van der Waals surface area contributed by atoms with Crippen molar-refractivity contribution >= 4 is 5.97 Å². The van der Waals surface area contributed by atoms with Crippen molar-refractivity contribution in [1.29, 1.82) is 0 Å². The Bertz CT molecular complexity index is 299. The molecule has 0 saturated carbocycles. The van der Waals surface area contributed by atoms with E-state index in [1.54, 1.807) is 0 Å². The van der Waals surface area contributed by atoms with Crippen molar-refractivity contribution in [3.05, 3.63) is 24.3 Å². The summed E-state index contributed by atoms with van der Waals surface area (Å²) in [4.78, 5) is 16.0. The van der Waals surface area contributed by atoms with E-state index in [1.165, 1.54) is 0 Å². The zero-order valence-electron chi connectivity index (χ0n) is 13.5. The maximum atomic E-state index is 11.7. The number of hydrogen-bond acceptors (Lipinski definition) is 4. The Morgan fingerprint density at radius 3 is 2.50 bits per heavy atom. The van der Waals surface area contributed by atoms with Crippen LogP contribution in [0.3, 0.4) is 0 Å². The standard InChI is InChI=1S/C16H30N2O2/c1-5-7-9-12-18(13-10-11-17(3)4)15-16(19)20-14-8-6-2/h6-9H,5,10-15H2,1-4H3. The molecule has 0 unspecified atom stereocenters. The van der Waals surface area contributed by atoms with Gasteiger partial charge in [0.05, 0.1) is 6.54 Å². The molecule has 0 N–H and O–H groups in total. The third kappa shape index (κ3) is 11.9. The third-order valence-electron chi connectivity index (χ3n) is 2.77. The summed E-state index contributed by atoms with van der Waals surface area (Å²) >= 11 is 0. The van der Waals surface area contributed by atoms with Crippen LogP contribution in [0.2, 0.25) is 0 Å². The van der Waals surface area contributed by atoms with E-state index >= 15 is 0 Å². The minimum atomic E-state index is -0.155. The highest BCUT2D eigenvalue weighted by Gasteiger charge is 2.10. The lowest BCUT2D eigenvalue weighted by molar-refractivity contribution is -0.143. The van der Waals surface area contributed by atoms with Crippen molar-refractivity contribution in [2.75, 3.05) is 46.9 Å². The van der Waals surface area contributed by atoms with Crippen molar-refractivity contribution in [3.63, 3.8) is 0 Å². The molecular weight excluding hydrogens is 252 g/mol. The first-order valence-electron chi connectivity index (χ1n) is 7.39. The molecule has 0 aromatic carbocycles. The Hall–Kier alpha value is -1.13. The number of esters is 1. The highest BCUT2D eigenvalue weighted by molar-refractivity contribution is 5.71. The quantitative estimate of drug-likeness (QED) is 0.430.